The van der Waals surface area contributed by atoms with Crippen molar-refractivity contribution in [2.24, 2.45) is 0 Å². The molecule has 2 aromatic heterocycles. The molecule has 0 atom stereocenters. The molecule has 0 saturated heterocycles. The fourth-order valence-electron chi connectivity index (χ4n) is 3.29. The average molecular weight is 471 g/mol. The highest BCUT2D eigenvalue weighted by atomic mass is 19.4. The van der Waals surface area contributed by atoms with E-state index in [1.54, 1.807) is 26.1 Å². The van der Waals surface area contributed by atoms with Crippen LogP contribution in [0.4, 0.5) is 13.2 Å². The van der Waals surface area contributed by atoms with Crippen molar-refractivity contribution in [1.29, 1.82) is 0 Å². The Labute approximate surface area is 192 Å². The normalized spacial score (nSPS) is 12.1. The fourth-order valence-corrected chi connectivity index (χ4v) is 3.29. The highest BCUT2D eigenvalue weighted by molar-refractivity contribution is 5.60. The number of aromatic nitrogens is 3. The number of halogens is 3. The zero-order chi connectivity index (χ0) is 24.5. The molecular formula is C24H20F3N3O4. The number of rotatable bonds is 6. The van der Waals surface area contributed by atoms with Crippen LogP contribution in [0.25, 0.3) is 22.8 Å². The third-order valence-electron chi connectivity index (χ3n) is 4.99. The van der Waals surface area contributed by atoms with E-state index in [-0.39, 0.29) is 29.6 Å². The van der Waals surface area contributed by atoms with E-state index in [1.807, 2.05) is 24.3 Å². The molecule has 0 aliphatic rings. The molecule has 10 heteroatoms. The molecule has 2 heterocycles. The van der Waals surface area contributed by atoms with E-state index in [0.29, 0.717) is 11.1 Å². The number of hydrogen-bond acceptors (Lipinski definition) is 6. The minimum absolute atomic E-state index is 0.143. The molecule has 176 valence electrons. The molecule has 0 saturated carbocycles. The topological polar surface area (TPSA) is 90.4 Å². The van der Waals surface area contributed by atoms with Crippen LogP contribution in [-0.4, -0.2) is 26.2 Å². The summed E-state index contributed by atoms with van der Waals surface area (Å²) in [7, 11) is 0. The minimum Gasteiger partial charge on any atom is -0.406 e. The summed E-state index contributed by atoms with van der Waals surface area (Å²) in [5, 5.41) is 14.1. The maximum atomic E-state index is 12.4. The summed E-state index contributed by atoms with van der Waals surface area (Å²) in [6, 6.07) is 15.3. The van der Waals surface area contributed by atoms with Crippen LogP contribution in [0.1, 0.15) is 25.0 Å². The molecule has 0 unspecified atom stereocenters. The highest BCUT2D eigenvalue weighted by Gasteiger charge is 2.31. The monoisotopic (exact) mass is 471 g/mol. The van der Waals surface area contributed by atoms with Crippen LogP contribution in [-0.2, 0) is 12.1 Å². The Hall–Kier alpha value is -3.92. The van der Waals surface area contributed by atoms with Gasteiger partial charge in [-0.2, -0.15) is 4.98 Å². The molecule has 0 aliphatic heterocycles. The maximum Gasteiger partial charge on any atom is 0.573 e. The lowest BCUT2D eigenvalue weighted by atomic mass is 9.96. The van der Waals surface area contributed by atoms with Crippen LogP contribution in [0.3, 0.4) is 0 Å². The number of aliphatic hydroxyl groups is 1. The summed E-state index contributed by atoms with van der Waals surface area (Å²) in [5.41, 5.74) is 1.22. The lowest BCUT2D eigenvalue weighted by Crippen LogP contribution is -2.20. The predicted molar refractivity (Wildman–Crippen MR) is 117 cm³/mol. The van der Waals surface area contributed by atoms with Crippen molar-refractivity contribution in [1.82, 2.24) is 14.7 Å². The van der Waals surface area contributed by atoms with Gasteiger partial charge in [0.1, 0.15) is 5.75 Å². The second kappa shape index (κ2) is 8.79. The van der Waals surface area contributed by atoms with Crippen LogP contribution in [0.5, 0.6) is 5.75 Å². The lowest BCUT2D eigenvalue weighted by Gasteiger charge is -2.18. The Morgan fingerprint density at radius 1 is 1.03 bits per heavy atom. The minimum atomic E-state index is -4.78. The maximum absolute atomic E-state index is 12.4. The van der Waals surface area contributed by atoms with Crippen molar-refractivity contribution < 1.29 is 27.5 Å². The predicted octanol–water partition coefficient (Wildman–Crippen LogP) is 4.74. The molecule has 1 N–H and O–H groups in total. The van der Waals surface area contributed by atoms with Crippen molar-refractivity contribution in [3.8, 4) is 28.6 Å². The van der Waals surface area contributed by atoms with Gasteiger partial charge in [-0.3, -0.25) is 4.79 Å². The van der Waals surface area contributed by atoms with Gasteiger partial charge in [-0.25, -0.2) is 0 Å². The lowest BCUT2D eigenvalue weighted by molar-refractivity contribution is -0.274. The SMILES string of the molecule is CC(C)(O)c1cccc(Cn2cc(-c3nc(-c4ccc(OC(F)(F)F)cc4)no3)ccc2=O)c1. The van der Waals surface area contributed by atoms with Crippen LogP contribution in [0.2, 0.25) is 0 Å². The second-order valence-corrected chi connectivity index (χ2v) is 8.14. The standard InChI is InChI=1S/C24H20F3N3O4/c1-23(2,32)18-5-3-4-15(12-18)13-30-14-17(8-11-20(30)31)22-28-21(29-34-22)16-6-9-19(10-7-16)33-24(25,26)27/h3-12,14,32H,13H2,1-2H3. The Bertz CT molecular complexity index is 1350. The molecule has 0 fully saturated rings. The van der Waals surface area contributed by atoms with Gasteiger partial charge in [-0.05, 0) is 55.3 Å². The van der Waals surface area contributed by atoms with E-state index in [4.69, 9.17) is 4.52 Å². The second-order valence-electron chi connectivity index (χ2n) is 8.14. The third-order valence-corrected chi connectivity index (χ3v) is 4.99. The number of ether oxygens (including phenoxy) is 1. The summed E-state index contributed by atoms with van der Waals surface area (Å²) < 4.78 is 47.6. The van der Waals surface area contributed by atoms with Crippen molar-refractivity contribution in [3.63, 3.8) is 0 Å². The first kappa shape index (κ1) is 23.2. The molecule has 0 aliphatic carbocycles. The van der Waals surface area contributed by atoms with Gasteiger partial charge in [0, 0.05) is 17.8 Å². The first-order chi connectivity index (χ1) is 16.0. The van der Waals surface area contributed by atoms with E-state index < -0.39 is 12.0 Å². The molecule has 7 nitrogen and oxygen atoms in total. The number of alkyl halides is 3. The number of pyridine rings is 1. The molecule has 34 heavy (non-hydrogen) atoms. The van der Waals surface area contributed by atoms with Crippen LogP contribution < -0.4 is 10.3 Å². The summed E-state index contributed by atoms with van der Waals surface area (Å²) in [6.07, 6.45) is -3.20. The van der Waals surface area contributed by atoms with Gasteiger partial charge in [-0.1, -0.05) is 29.4 Å². The molecular weight excluding hydrogens is 451 g/mol. The molecule has 4 rings (SSSR count). The Morgan fingerprint density at radius 2 is 1.74 bits per heavy atom. The number of nitrogens with zero attached hydrogens (tertiary/aromatic N) is 3. The van der Waals surface area contributed by atoms with E-state index >= 15 is 0 Å². The van der Waals surface area contributed by atoms with E-state index in [1.165, 1.54) is 22.8 Å². The third kappa shape index (κ3) is 5.52. The van der Waals surface area contributed by atoms with Gasteiger partial charge < -0.3 is 18.9 Å². The summed E-state index contributed by atoms with van der Waals surface area (Å²) in [4.78, 5) is 16.7. The smallest absolute Gasteiger partial charge is 0.406 e. The first-order valence-electron chi connectivity index (χ1n) is 10.2. The van der Waals surface area contributed by atoms with E-state index in [9.17, 15) is 23.1 Å². The van der Waals surface area contributed by atoms with Gasteiger partial charge in [0.2, 0.25) is 5.82 Å². The summed E-state index contributed by atoms with van der Waals surface area (Å²) in [5.74, 6) is -0.0468. The summed E-state index contributed by atoms with van der Waals surface area (Å²) in [6.45, 7) is 3.63. The van der Waals surface area contributed by atoms with Crippen LogP contribution >= 0.6 is 0 Å². The molecule has 2 aromatic carbocycles. The number of hydrogen-bond donors (Lipinski definition) is 1. The van der Waals surface area contributed by atoms with Gasteiger partial charge in [0.25, 0.3) is 11.4 Å². The van der Waals surface area contributed by atoms with Crippen molar-refractivity contribution in [2.75, 3.05) is 0 Å². The molecule has 0 bridgehead atoms. The van der Waals surface area contributed by atoms with Crippen molar-refractivity contribution in [2.45, 2.75) is 32.4 Å². The molecule has 0 radical (unpaired) electrons. The Morgan fingerprint density at radius 3 is 2.41 bits per heavy atom. The largest absolute Gasteiger partial charge is 0.573 e. The van der Waals surface area contributed by atoms with E-state index in [0.717, 1.165) is 23.3 Å². The molecule has 4 aromatic rings. The van der Waals surface area contributed by atoms with Gasteiger partial charge in [0.05, 0.1) is 17.7 Å². The quantitative estimate of drug-likeness (QED) is 0.437. The highest BCUT2D eigenvalue weighted by Crippen LogP contribution is 2.27. The Kier molecular flexibility index (Phi) is 6.01. The zero-order valence-corrected chi connectivity index (χ0v) is 18.2. The molecule has 0 spiro atoms. The van der Waals surface area contributed by atoms with Crippen molar-refractivity contribution in [3.05, 3.63) is 88.3 Å². The van der Waals surface area contributed by atoms with Gasteiger partial charge in [0.15, 0.2) is 0 Å². The number of benzene rings is 2. The fraction of sp³-hybridized carbons (Fsp3) is 0.208. The average Bonchev–Trinajstić information content (AvgIpc) is 3.25. The van der Waals surface area contributed by atoms with Gasteiger partial charge in [-0.15, -0.1) is 13.2 Å². The van der Waals surface area contributed by atoms with Crippen molar-refractivity contribution >= 4 is 0 Å². The molecule has 0 amide bonds. The van der Waals surface area contributed by atoms with Gasteiger partial charge >= 0.3 is 6.36 Å². The van der Waals surface area contributed by atoms with Crippen LogP contribution in [0, 0.1) is 0 Å². The Balaban J connectivity index is 1.57. The summed E-state index contributed by atoms with van der Waals surface area (Å²) >= 11 is 0. The van der Waals surface area contributed by atoms with E-state index in [2.05, 4.69) is 14.9 Å². The van der Waals surface area contributed by atoms with Crippen LogP contribution in [0.15, 0.2) is 76.2 Å². The zero-order valence-electron chi connectivity index (χ0n) is 18.2. The first-order valence-corrected chi connectivity index (χ1v) is 10.2.